The number of hydrogen-bond donors (Lipinski definition) is 2. The molecule has 36 heavy (non-hydrogen) atoms. The van der Waals surface area contributed by atoms with E-state index in [2.05, 4.69) is 24.5 Å². The molecule has 1 saturated heterocycles. The Hall–Kier alpha value is -2.51. The molecular formula is C23H39N3O9S. The second kappa shape index (κ2) is 14.9. The lowest BCUT2D eigenvalue weighted by molar-refractivity contribution is -0.254. The van der Waals surface area contributed by atoms with Crippen LogP contribution in [0.25, 0.3) is 0 Å². The molecular weight excluding hydrogens is 494 g/mol. The van der Waals surface area contributed by atoms with Crippen molar-refractivity contribution in [1.82, 2.24) is 15.5 Å². The van der Waals surface area contributed by atoms with E-state index >= 15 is 0 Å². The van der Waals surface area contributed by atoms with Gasteiger partial charge in [0.15, 0.2) is 29.7 Å². The van der Waals surface area contributed by atoms with Crippen LogP contribution in [0.4, 0.5) is 0 Å². The topological polar surface area (TPSA) is 142 Å². The smallest absolute Gasteiger partial charge is 0.303 e. The van der Waals surface area contributed by atoms with Gasteiger partial charge in [0.25, 0.3) is 0 Å². The second-order valence-electron chi connectivity index (χ2n) is 9.33. The van der Waals surface area contributed by atoms with Crippen molar-refractivity contribution in [1.29, 1.82) is 0 Å². The quantitative estimate of drug-likeness (QED) is 0.217. The molecule has 13 heteroatoms. The summed E-state index contributed by atoms with van der Waals surface area (Å²) in [6.45, 7) is 9.31. The van der Waals surface area contributed by atoms with Gasteiger partial charge in [-0.2, -0.15) is 0 Å². The number of nitrogens with one attached hydrogen (secondary N) is 2. The van der Waals surface area contributed by atoms with E-state index in [1.807, 2.05) is 19.0 Å². The van der Waals surface area contributed by atoms with Crippen LogP contribution in [0.3, 0.4) is 0 Å². The highest BCUT2D eigenvalue weighted by molar-refractivity contribution is 7.80. The summed E-state index contributed by atoms with van der Waals surface area (Å²) >= 11 is 5.51. The lowest BCUT2D eigenvalue weighted by Crippen LogP contribution is -2.67. The molecule has 1 fully saturated rings. The van der Waals surface area contributed by atoms with Crippen molar-refractivity contribution >= 4 is 41.2 Å². The highest BCUT2D eigenvalue weighted by Crippen LogP contribution is 2.28. The van der Waals surface area contributed by atoms with E-state index in [4.69, 9.17) is 35.9 Å². The predicted octanol–water partition coefficient (Wildman–Crippen LogP) is 0.510. The fraction of sp³-hybridized carbons (Fsp3) is 0.783. The fourth-order valence-electron chi connectivity index (χ4n) is 3.89. The molecule has 0 bridgehead atoms. The Labute approximate surface area is 217 Å². The molecule has 1 aliphatic heterocycles. The van der Waals surface area contributed by atoms with Gasteiger partial charge in [-0.15, -0.1) is 0 Å². The van der Waals surface area contributed by atoms with Crippen molar-refractivity contribution in [2.24, 2.45) is 5.92 Å². The number of hydrogen-bond acceptors (Lipinski definition) is 11. The van der Waals surface area contributed by atoms with Gasteiger partial charge in [0, 0.05) is 40.3 Å². The molecule has 0 unspecified atom stereocenters. The van der Waals surface area contributed by atoms with Gasteiger partial charge in [0.1, 0.15) is 12.7 Å². The number of carbonyl (C=O) groups is 4. The van der Waals surface area contributed by atoms with Gasteiger partial charge in [-0.3, -0.25) is 19.2 Å². The zero-order chi connectivity index (χ0) is 27.6. The standard InChI is InChI=1S/C23H39N3O9S/c1-12(2)9-17(10-26(7)8)24-23(36)25-22-21(34-16(6)30)20(33-15(5)29)19(32-14(4)28)18(35-22)11-31-13(3)27/h12,17-22H,9-11H2,1-8H3,(H2,24,25,36)/t17-,18-,19-,20+,21-,22-/m1/s1. The maximum absolute atomic E-state index is 11.9. The number of rotatable bonds is 11. The van der Waals surface area contributed by atoms with Crippen molar-refractivity contribution in [3.05, 3.63) is 0 Å². The van der Waals surface area contributed by atoms with E-state index in [1.54, 1.807) is 0 Å². The van der Waals surface area contributed by atoms with Crippen LogP contribution in [0.15, 0.2) is 0 Å². The molecule has 2 N–H and O–H groups in total. The lowest BCUT2D eigenvalue weighted by atomic mass is 9.97. The number of likely N-dealkylation sites (N-methyl/N-ethyl adjacent to an activating group) is 1. The van der Waals surface area contributed by atoms with Gasteiger partial charge in [-0.1, -0.05) is 13.8 Å². The first-order chi connectivity index (χ1) is 16.7. The summed E-state index contributed by atoms with van der Waals surface area (Å²) in [7, 11) is 3.90. The average Bonchev–Trinajstić information content (AvgIpc) is 2.68. The van der Waals surface area contributed by atoms with E-state index in [0.29, 0.717) is 12.5 Å². The summed E-state index contributed by atoms with van der Waals surface area (Å²) in [5.41, 5.74) is 0. The van der Waals surface area contributed by atoms with Crippen molar-refractivity contribution in [3.63, 3.8) is 0 Å². The molecule has 206 valence electrons. The maximum Gasteiger partial charge on any atom is 0.303 e. The Bertz CT molecular complexity index is 783. The molecule has 0 radical (unpaired) electrons. The van der Waals surface area contributed by atoms with Crippen molar-refractivity contribution in [3.8, 4) is 0 Å². The number of nitrogens with zero attached hydrogens (tertiary/aromatic N) is 1. The molecule has 0 spiro atoms. The number of ether oxygens (including phenoxy) is 5. The van der Waals surface area contributed by atoms with Crippen molar-refractivity contribution in [2.45, 2.75) is 84.6 Å². The summed E-state index contributed by atoms with van der Waals surface area (Å²) in [5.74, 6) is -2.27. The first kappa shape index (κ1) is 31.5. The summed E-state index contributed by atoms with van der Waals surface area (Å²) in [6.07, 6.45) is -5.07. The van der Waals surface area contributed by atoms with E-state index in [0.717, 1.165) is 13.3 Å². The minimum Gasteiger partial charge on any atom is -0.463 e. The monoisotopic (exact) mass is 533 g/mol. The minimum atomic E-state index is -1.27. The third-order valence-electron chi connectivity index (χ3n) is 4.94. The van der Waals surface area contributed by atoms with Gasteiger partial charge >= 0.3 is 23.9 Å². The summed E-state index contributed by atoms with van der Waals surface area (Å²) < 4.78 is 27.3. The zero-order valence-corrected chi connectivity index (χ0v) is 23.0. The number of carbonyl (C=O) groups excluding carboxylic acids is 4. The zero-order valence-electron chi connectivity index (χ0n) is 22.2. The Morgan fingerprint density at radius 2 is 1.42 bits per heavy atom. The molecule has 1 rings (SSSR count). The normalized spacial score (nSPS) is 24.4. The lowest BCUT2D eigenvalue weighted by Gasteiger charge is -2.44. The third kappa shape index (κ3) is 11.5. The molecule has 0 aliphatic carbocycles. The predicted molar refractivity (Wildman–Crippen MR) is 133 cm³/mol. The van der Waals surface area contributed by atoms with Crippen LogP contribution < -0.4 is 10.6 Å². The maximum atomic E-state index is 11.9. The van der Waals surface area contributed by atoms with E-state index in [9.17, 15) is 19.2 Å². The first-order valence-corrected chi connectivity index (χ1v) is 12.1. The van der Waals surface area contributed by atoms with Crippen molar-refractivity contribution < 1.29 is 42.9 Å². The number of thiocarbonyl (C=S) groups is 1. The van der Waals surface area contributed by atoms with Crippen LogP contribution in [-0.2, 0) is 42.9 Å². The SMILES string of the molecule is CC(=O)OC[C@H]1O[C@@H](NC(=S)N[C@H](CC(C)C)CN(C)C)[C@H](OC(C)=O)[C@@H](OC(C)=O)[C@@H]1OC(C)=O. The second-order valence-corrected chi connectivity index (χ2v) is 9.73. The van der Waals surface area contributed by atoms with Gasteiger partial charge in [-0.05, 0) is 38.7 Å². The van der Waals surface area contributed by atoms with Crippen LogP contribution in [-0.4, -0.2) is 97.8 Å². The largest absolute Gasteiger partial charge is 0.463 e. The average molecular weight is 534 g/mol. The van der Waals surface area contributed by atoms with Crippen molar-refractivity contribution in [2.75, 3.05) is 27.2 Å². The highest BCUT2D eigenvalue weighted by atomic mass is 32.1. The van der Waals surface area contributed by atoms with Gasteiger partial charge < -0.3 is 39.2 Å². The Morgan fingerprint density at radius 3 is 1.89 bits per heavy atom. The van der Waals surface area contributed by atoms with E-state index < -0.39 is 54.5 Å². The highest BCUT2D eigenvalue weighted by Gasteiger charge is 2.52. The third-order valence-corrected chi connectivity index (χ3v) is 5.18. The summed E-state index contributed by atoms with van der Waals surface area (Å²) in [5, 5.41) is 6.43. The van der Waals surface area contributed by atoms with Crippen LogP contribution in [0.2, 0.25) is 0 Å². The molecule has 0 aromatic rings. The van der Waals surface area contributed by atoms with Crippen LogP contribution >= 0.6 is 12.2 Å². The van der Waals surface area contributed by atoms with Crippen LogP contribution in [0.1, 0.15) is 48.0 Å². The molecule has 0 amide bonds. The molecule has 12 nitrogen and oxygen atoms in total. The Balaban J connectivity index is 3.28. The van der Waals surface area contributed by atoms with Gasteiger partial charge in [0.2, 0.25) is 0 Å². The summed E-state index contributed by atoms with van der Waals surface area (Å²) in [6, 6.07) is 0.00525. The first-order valence-electron chi connectivity index (χ1n) is 11.7. The molecule has 1 aliphatic rings. The molecule has 0 saturated carbocycles. The molecule has 1 heterocycles. The molecule has 6 atom stereocenters. The Morgan fingerprint density at radius 1 is 0.889 bits per heavy atom. The van der Waals surface area contributed by atoms with Crippen LogP contribution in [0, 0.1) is 5.92 Å². The Kier molecular flexibility index (Phi) is 13.1. The number of esters is 4. The van der Waals surface area contributed by atoms with E-state index in [-0.39, 0.29) is 17.8 Å². The molecule has 0 aromatic heterocycles. The van der Waals surface area contributed by atoms with Gasteiger partial charge in [0.05, 0.1) is 0 Å². The summed E-state index contributed by atoms with van der Waals surface area (Å²) in [4.78, 5) is 49.2. The minimum absolute atomic E-state index is 0.00525. The molecule has 0 aromatic carbocycles. The fourth-order valence-corrected chi connectivity index (χ4v) is 4.17. The van der Waals surface area contributed by atoms with Gasteiger partial charge in [-0.25, -0.2) is 0 Å². The van der Waals surface area contributed by atoms with Crippen LogP contribution in [0.5, 0.6) is 0 Å². The van der Waals surface area contributed by atoms with E-state index in [1.165, 1.54) is 20.8 Å².